The van der Waals surface area contributed by atoms with Crippen molar-refractivity contribution in [2.45, 2.75) is 70.7 Å². The molecule has 3 aliphatic rings. The number of ether oxygens (including phenoxy) is 1. The summed E-state index contributed by atoms with van der Waals surface area (Å²) in [5.74, 6) is -1.27. The van der Waals surface area contributed by atoms with Crippen LogP contribution in [0.5, 0.6) is 0 Å². The fraction of sp³-hybridized carbons (Fsp3) is 0.600. The Bertz CT molecular complexity index is 981. The molecule has 0 aromatic heterocycles. The van der Waals surface area contributed by atoms with Crippen LogP contribution in [0.25, 0.3) is 0 Å². The van der Waals surface area contributed by atoms with Gasteiger partial charge in [-0.15, -0.1) is 0 Å². The van der Waals surface area contributed by atoms with Gasteiger partial charge >= 0.3 is 12.1 Å². The maximum atomic E-state index is 12.9. The van der Waals surface area contributed by atoms with E-state index in [2.05, 4.69) is 10.9 Å². The first-order chi connectivity index (χ1) is 17.1. The van der Waals surface area contributed by atoms with Crippen LogP contribution >= 0.6 is 0 Å². The molecule has 2 N–H and O–H groups in total. The van der Waals surface area contributed by atoms with Crippen LogP contribution in [-0.2, 0) is 25.8 Å². The van der Waals surface area contributed by atoms with Crippen molar-refractivity contribution in [1.82, 2.24) is 25.7 Å². The van der Waals surface area contributed by atoms with Crippen molar-refractivity contribution in [3.63, 3.8) is 0 Å². The van der Waals surface area contributed by atoms with Gasteiger partial charge in [0.25, 0.3) is 5.91 Å². The SMILES string of the molecule is CC(C)(C)OC(=O)N1CCCC(C(=O)NNC(=O)C2CC[C@H]3CN2C(=O)N3OCc2ccccc2)C1. The molecule has 4 rings (SSSR count). The number of piperidine rings is 2. The number of hydroxylamine groups is 2. The number of carbonyl (C=O) groups excluding carboxylic acids is 4. The molecule has 2 bridgehead atoms. The lowest BCUT2D eigenvalue weighted by Gasteiger charge is -2.33. The summed E-state index contributed by atoms with van der Waals surface area (Å²) in [6, 6.07) is 8.42. The molecular weight excluding hydrogens is 466 g/mol. The van der Waals surface area contributed by atoms with E-state index in [0.29, 0.717) is 38.8 Å². The minimum absolute atomic E-state index is 0.110. The van der Waals surface area contributed by atoms with Crippen LogP contribution in [0.2, 0.25) is 0 Å². The Hall–Kier alpha value is -3.34. The van der Waals surface area contributed by atoms with Gasteiger partial charge in [-0.25, -0.2) is 9.59 Å². The minimum Gasteiger partial charge on any atom is -0.444 e. The highest BCUT2D eigenvalue weighted by Gasteiger charge is 2.48. The number of carbonyl (C=O) groups is 4. The fourth-order valence-corrected chi connectivity index (χ4v) is 4.78. The summed E-state index contributed by atoms with van der Waals surface area (Å²) in [4.78, 5) is 59.7. The molecule has 5 amide bonds. The van der Waals surface area contributed by atoms with Gasteiger partial charge in [-0.05, 0) is 52.0 Å². The maximum Gasteiger partial charge on any atom is 0.410 e. The number of hydrogen-bond donors (Lipinski definition) is 2. The zero-order valence-electron chi connectivity index (χ0n) is 21.1. The summed E-state index contributed by atoms with van der Waals surface area (Å²) in [5.41, 5.74) is 5.30. The molecule has 0 radical (unpaired) electrons. The first-order valence-corrected chi connectivity index (χ1v) is 12.5. The number of nitrogens with one attached hydrogen (secondary N) is 2. The number of rotatable bonds is 5. The van der Waals surface area contributed by atoms with Crippen molar-refractivity contribution < 1.29 is 28.8 Å². The second-order valence-electron chi connectivity index (χ2n) is 10.5. The number of fused-ring (bicyclic) bond motifs is 2. The molecule has 0 aliphatic carbocycles. The summed E-state index contributed by atoms with van der Waals surface area (Å²) in [5, 5.41) is 1.37. The molecule has 3 atom stereocenters. The summed E-state index contributed by atoms with van der Waals surface area (Å²) < 4.78 is 5.41. The smallest absolute Gasteiger partial charge is 0.410 e. The normalized spacial score (nSPS) is 23.9. The Kier molecular flexibility index (Phi) is 7.67. The zero-order chi connectivity index (χ0) is 25.9. The van der Waals surface area contributed by atoms with Crippen molar-refractivity contribution in [2.24, 2.45) is 5.92 Å². The Morgan fingerprint density at radius 3 is 2.44 bits per heavy atom. The summed E-state index contributed by atoms with van der Waals surface area (Å²) in [6.07, 6.45) is 1.91. The molecule has 3 fully saturated rings. The van der Waals surface area contributed by atoms with Gasteiger partial charge in [-0.1, -0.05) is 30.3 Å². The fourth-order valence-electron chi connectivity index (χ4n) is 4.78. The van der Waals surface area contributed by atoms with Crippen LogP contribution in [0.1, 0.15) is 52.0 Å². The molecule has 3 saturated heterocycles. The lowest BCUT2D eigenvalue weighted by molar-refractivity contribution is -0.140. The van der Waals surface area contributed by atoms with Crippen LogP contribution in [0.15, 0.2) is 30.3 Å². The monoisotopic (exact) mass is 501 g/mol. The van der Waals surface area contributed by atoms with E-state index in [0.717, 1.165) is 5.56 Å². The third-order valence-corrected chi connectivity index (χ3v) is 6.59. The van der Waals surface area contributed by atoms with E-state index >= 15 is 0 Å². The molecule has 1 aromatic carbocycles. The van der Waals surface area contributed by atoms with Gasteiger partial charge in [0.05, 0.1) is 12.0 Å². The van der Waals surface area contributed by atoms with Crippen molar-refractivity contribution in [3.05, 3.63) is 35.9 Å². The highest BCUT2D eigenvalue weighted by Crippen LogP contribution is 2.30. The van der Waals surface area contributed by atoms with E-state index in [1.807, 2.05) is 30.3 Å². The summed E-state index contributed by atoms with van der Waals surface area (Å²) in [7, 11) is 0. The largest absolute Gasteiger partial charge is 0.444 e. The van der Waals surface area contributed by atoms with Gasteiger partial charge in [0, 0.05) is 19.6 Å². The van der Waals surface area contributed by atoms with Gasteiger partial charge in [-0.2, -0.15) is 5.06 Å². The third kappa shape index (κ3) is 6.07. The first kappa shape index (κ1) is 25.7. The summed E-state index contributed by atoms with van der Waals surface area (Å²) >= 11 is 0. The van der Waals surface area contributed by atoms with Gasteiger partial charge < -0.3 is 14.5 Å². The van der Waals surface area contributed by atoms with E-state index in [-0.39, 0.29) is 31.1 Å². The molecule has 1 aromatic rings. The predicted molar refractivity (Wildman–Crippen MR) is 129 cm³/mol. The molecular formula is C25H35N5O6. The minimum atomic E-state index is -0.691. The van der Waals surface area contributed by atoms with Crippen molar-refractivity contribution in [2.75, 3.05) is 19.6 Å². The molecule has 3 heterocycles. The third-order valence-electron chi connectivity index (χ3n) is 6.59. The number of benzene rings is 1. The number of amides is 5. The molecule has 196 valence electrons. The average Bonchev–Trinajstić information content (AvgIpc) is 3.09. The molecule has 0 spiro atoms. The number of hydrogen-bond acceptors (Lipinski definition) is 6. The Morgan fingerprint density at radius 1 is 1.00 bits per heavy atom. The van der Waals surface area contributed by atoms with Crippen LogP contribution in [0, 0.1) is 5.92 Å². The lowest BCUT2D eigenvalue weighted by atomic mass is 9.97. The number of hydrazine groups is 1. The van der Waals surface area contributed by atoms with Crippen molar-refractivity contribution in [3.8, 4) is 0 Å². The molecule has 11 nitrogen and oxygen atoms in total. The van der Waals surface area contributed by atoms with Crippen LogP contribution < -0.4 is 10.9 Å². The molecule has 36 heavy (non-hydrogen) atoms. The number of urea groups is 1. The zero-order valence-corrected chi connectivity index (χ0v) is 21.1. The second-order valence-corrected chi connectivity index (χ2v) is 10.5. The number of nitrogens with zero attached hydrogens (tertiary/aromatic N) is 3. The van der Waals surface area contributed by atoms with Crippen LogP contribution in [0.4, 0.5) is 9.59 Å². The molecule has 11 heteroatoms. The van der Waals surface area contributed by atoms with E-state index in [1.54, 1.807) is 20.8 Å². The average molecular weight is 502 g/mol. The molecule has 2 unspecified atom stereocenters. The van der Waals surface area contributed by atoms with Crippen LogP contribution in [0.3, 0.4) is 0 Å². The highest BCUT2D eigenvalue weighted by molar-refractivity contribution is 5.90. The first-order valence-electron chi connectivity index (χ1n) is 12.5. The highest BCUT2D eigenvalue weighted by atomic mass is 16.7. The predicted octanol–water partition coefficient (Wildman–Crippen LogP) is 2.18. The van der Waals surface area contributed by atoms with Gasteiger partial charge in [-0.3, -0.25) is 25.3 Å². The van der Waals surface area contributed by atoms with Gasteiger partial charge in [0.1, 0.15) is 18.2 Å². The lowest BCUT2D eigenvalue weighted by Crippen LogP contribution is -2.56. The van der Waals surface area contributed by atoms with E-state index < -0.39 is 29.6 Å². The maximum absolute atomic E-state index is 12.9. The van der Waals surface area contributed by atoms with Gasteiger partial charge in [0.2, 0.25) is 5.91 Å². The Morgan fingerprint density at radius 2 is 1.72 bits per heavy atom. The quantitative estimate of drug-likeness (QED) is 0.597. The Labute approximate surface area is 211 Å². The van der Waals surface area contributed by atoms with E-state index in [4.69, 9.17) is 9.57 Å². The topological polar surface area (TPSA) is 121 Å². The van der Waals surface area contributed by atoms with E-state index in [1.165, 1.54) is 14.9 Å². The summed E-state index contributed by atoms with van der Waals surface area (Å²) in [6.45, 7) is 6.79. The second kappa shape index (κ2) is 10.7. The number of likely N-dealkylation sites (tertiary alicyclic amines) is 1. The molecule has 3 aliphatic heterocycles. The Balaban J connectivity index is 1.26. The van der Waals surface area contributed by atoms with Gasteiger partial charge in [0.15, 0.2) is 0 Å². The van der Waals surface area contributed by atoms with Crippen molar-refractivity contribution in [1.29, 1.82) is 0 Å². The standard InChI is InChI=1S/C25H35N5O6/c1-25(2,3)36-24(34)28-13-7-10-18(14-28)21(31)26-27-22(32)20-12-11-19-15-29(20)23(33)30(19)35-16-17-8-5-4-6-9-17/h4-6,8-9,18-20H,7,10-16H2,1-3H3,(H,26,31)(H,27,32)/t18?,19-,20?/m0/s1. The molecule has 0 saturated carbocycles. The van der Waals surface area contributed by atoms with Crippen molar-refractivity contribution >= 4 is 23.9 Å². The van der Waals surface area contributed by atoms with Crippen LogP contribution in [-0.4, -0.2) is 76.1 Å². The van der Waals surface area contributed by atoms with E-state index in [9.17, 15) is 19.2 Å².